The summed E-state index contributed by atoms with van der Waals surface area (Å²) in [5, 5.41) is 2.02. The number of nitrogens with one attached hydrogen (secondary N) is 1. The maximum atomic E-state index is 13.0. The zero-order valence-electron chi connectivity index (χ0n) is 16.3. The maximum Gasteiger partial charge on any atom is 0.267 e. The van der Waals surface area contributed by atoms with Crippen LogP contribution in [0.5, 0.6) is 5.75 Å². The molecular weight excluding hydrogens is 422 g/mol. The number of aryl methyl sites for hydroxylation is 1. The van der Waals surface area contributed by atoms with E-state index < -0.39 is 16.1 Å². The van der Waals surface area contributed by atoms with E-state index in [9.17, 15) is 13.2 Å². The van der Waals surface area contributed by atoms with Crippen molar-refractivity contribution >= 4 is 38.1 Å². The molecular formula is C21H21N3O4S2. The highest BCUT2D eigenvalue weighted by atomic mass is 32.2. The van der Waals surface area contributed by atoms with Gasteiger partial charge >= 0.3 is 0 Å². The minimum absolute atomic E-state index is 0.152. The fraction of sp³-hybridized carbons (Fsp3) is 0.238. The minimum atomic E-state index is -3.74. The summed E-state index contributed by atoms with van der Waals surface area (Å²) in [5.74, 6) is 0.474. The smallest absolute Gasteiger partial charge is 0.267 e. The minimum Gasteiger partial charge on any atom is -0.481 e. The van der Waals surface area contributed by atoms with Crippen LogP contribution in [0.2, 0.25) is 0 Å². The zero-order chi connectivity index (χ0) is 21.1. The van der Waals surface area contributed by atoms with Crippen LogP contribution < -0.4 is 14.4 Å². The van der Waals surface area contributed by atoms with Gasteiger partial charge in [-0.15, -0.1) is 11.3 Å². The van der Waals surface area contributed by atoms with Gasteiger partial charge < -0.3 is 9.64 Å². The van der Waals surface area contributed by atoms with Gasteiger partial charge in [-0.2, -0.15) is 0 Å². The molecule has 1 amide bonds. The van der Waals surface area contributed by atoms with E-state index in [0.29, 0.717) is 23.8 Å². The summed E-state index contributed by atoms with van der Waals surface area (Å²) in [5.41, 5.74) is 1.55. The first-order chi connectivity index (χ1) is 14.4. The molecule has 1 aliphatic heterocycles. The number of hydrogen-bond donors (Lipinski definition) is 1. The van der Waals surface area contributed by atoms with E-state index in [1.54, 1.807) is 41.5 Å². The molecule has 4 rings (SSSR count). The number of amides is 1. The second-order valence-corrected chi connectivity index (χ2v) is 9.48. The summed E-state index contributed by atoms with van der Waals surface area (Å²) in [7, 11) is -3.74. The Balaban J connectivity index is 1.55. The van der Waals surface area contributed by atoms with Crippen molar-refractivity contribution in [1.29, 1.82) is 0 Å². The van der Waals surface area contributed by atoms with Crippen molar-refractivity contribution in [2.45, 2.75) is 30.8 Å². The van der Waals surface area contributed by atoms with Crippen molar-refractivity contribution in [2.24, 2.45) is 0 Å². The van der Waals surface area contributed by atoms with Gasteiger partial charge in [0.1, 0.15) is 5.75 Å². The monoisotopic (exact) mass is 443 g/mol. The molecule has 0 radical (unpaired) electrons. The lowest BCUT2D eigenvalue weighted by molar-refractivity contribution is -0.124. The number of anilines is 2. The summed E-state index contributed by atoms with van der Waals surface area (Å²) in [6.07, 6.45) is 2.33. The molecule has 2 aromatic carbocycles. The Morgan fingerprint density at radius 3 is 2.77 bits per heavy atom. The van der Waals surface area contributed by atoms with E-state index in [4.69, 9.17) is 4.74 Å². The summed E-state index contributed by atoms with van der Waals surface area (Å²) >= 11 is 1.21. The Morgan fingerprint density at radius 1 is 1.23 bits per heavy atom. The predicted molar refractivity (Wildman–Crippen MR) is 117 cm³/mol. The molecule has 1 aliphatic rings. The highest BCUT2D eigenvalue weighted by Gasteiger charge is 2.29. The van der Waals surface area contributed by atoms with Gasteiger partial charge in [0.15, 0.2) is 11.2 Å². The van der Waals surface area contributed by atoms with E-state index in [2.05, 4.69) is 9.71 Å². The Morgan fingerprint density at radius 2 is 2.03 bits per heavy atom. The van der Waals surface area contributed by atoms with E-state index in [1.807, 2.05) is 18.2 Å². The Labute approximate surface area is 179 Å². The van der Waals surface area contributed by atoms with Crippen molar-refractivity contribution in [3.05, 3.63) is 65.7 Å². The van der Waals surface area contributed by atoms with Crippen LogP contribution in [-0.4, -0.2) is 32.0 Å². The molecule has 156 valence electrons. The van der Waals surface area contributed by atoms with Crippen LogP contribution in [0.1, 0.15) is 18.9 Å². The van der Waals surface area contributed by atoms with Crippen LogP contribution in [0.3, 0.4) is 0 Å². The van der Waals surface area contributed by atoms with E-state index >= 15 is 0 Å². The Hall–Kier alpha value is -2.91. The van der Waals surface area contributed by atoms with Gasteiger partial charge in [0.25, 0.3) is 15.9 Å². The third-order valence-electron chi connectivity index (χ3n) is 4.80. The molecule has 0 spiro atoms. The van der Waals surface area contributed by atoms with Gasteiger partial charge in [0, 0.05) is 23.8 Å². The molecule has 1 unspecified atom stereocenters. The standard InChI is InChI=1S/C21H21N3O4S2/c1-15(28-17-7-3-2-4-8-17)20(25)24-12-5-6-16-14-18(9-10-19(16)24)30(26,27)23-21-22-11-13-29-21/h2-4,7-11,13-15H,5-6,12H2,1H3,(H,22,23). The highest BCUT2D eigenvalue weighted by molar-refractivity contribution is 7.93. The highest BCUT2D eigenvalue weighted by Crippen LogP contribution is 2.31. The van der Waals surface area contributed by atoms with Gasteiger partial charge in [-0.1, -0.05) is 18.2 Å². The lowest BCUT2D eigenvalue weighted by Gasteiger charge is -2.31. The first-order valence-corrected chi connectivity index (χ1v) is 11.9. The third kappa shape index (κ3) is 4.31. The van der Waals surface area contributed by atoms with Gasteiger partial charge in [-0.3, -0.25) is 9.52 Å². The molecule has 1 N–H and O–H groups in total. The van der Waals surface area contributed by atoms with Crippen molar-refractivity contribution in [3.8, 4) is 5.75 Å². The fourth-order valence-electron chi connectivity index (χ4n) is 3.39. The lowest BCUT2D eigenvalue weighted by Crippen LogP contribution is -2.43. The maximum absolute atomic E-state index is 13.0. The number of nitrogens with zero attached hydrogens (tertiary/aromatic N) is 2. The summed E-state index contributed by atoms with van der Waals surface area (Å²) in [6, 6.07) is 14.0. The Bertz CT molecular complexity index is 1130. The molecule has 0 saturated carbocycles. The molecule has 0 bridgehead atoms. The first-order valence-electron chi connectivity index (χ1n) is 9.52. The first kappa shape index (κ1) is 20.4. The van der Waals surface area contributed by atoms with Crippen molar-refractivity contribution in [1.82, 2.24) is 4.98 Å². The van der Waals surface area contributed by atoms with Crippen molar-refractivity contribution < 1.29 is 17.9 Å². The molecule has 9 heteroatoms. The molecule has 1 aromatic heterocycles. The number of rotatable bonds is 6. The van der Waals surface area contributed by atoms with Crippen LogP contribution in [0.25, 0.3) is 0 Å². The van der Waals surface area contributed by atoms with Crippen molar-refractivity contribution in [3.63, 3.8) is 0 Å². The number of fused-ring (bicyclic) bond motifs is 1. The molecule has 0 aliphatic carbocycles. The lowest BCUT2D eigenvalue weighted by atomic mass is 10.0. The number of ether oxygens (including phenoxy) is 1. The number of thiazole rings is 1. The predicted octanol–water partition coefficient (Wildman–Crippen LogP) is 3.69. The summed E-state index contributed by atoms with van der Waals surface area (Å²) in [6.45, 7) is 2.29. The van der Waals surface area contributed by atoms with Gasteiger partial charge in [-0.25, -0.2) is 13.4 Å². The van der Waals surface area contributed by atoms with Gasteiger partial charge in [0.2, 0.25) is 0 Å². The quantitative estimate of drug-likeness (QED) is 0.628. The largest absolute Gasteiger partial charge is 0.481 e. The summed E-state index contributed by atoms with van der Waals surface area (Å²) in [4.78, 5) is 18.8. The van der Waals surface area contributed by atoms with Crippen LogP contribution in [0.4, 0.5) is 10.8 Å². The SMILES string of the molecule is CC(Oc1ccccc1)C(=O)N1CCCc2cc(S(=O)(=O)Nc3nccs3)ccc21. The number of carbonyl (C=O) groups is 1. The van der Waals surface area contributed by atoms with Gasteiger partial charge in [0.05, 0.1) is 4.90 Å². The third-order valence-corrected chi connectivity index (χ3v) is 6.96. The number of aromatic nitrogens is 1. The molecule has 0 saturated heterocycles. The fourth-order valence-corrected chi connectivity index (χ4v) is 5.23. The Kier molecular flexibility index (Phi) is 5.74. The second-order valence-electron chi connectivity index (χ2n) is 6.90. The normalized spacial score (nSPS) is 14.6. The van der Waals surface area contributed by atoms with E-state index in [1.165, 1.54) is 23.6 Å². The number of para-hydroxylation sites is 1. The van der Waals surface area contributed by atoms with Crippen LogP contribution >= 0.6 is 11.3 Å². The number of benzene rings is 2. The number of sulfonamides is 1. The average Bonchev–Trinajstić information content (AvgIpc) is 3.25. The van der Waals surface area contributed by atoms with Gasteiger partial charge in [-0.05, 0) is 55.7 Å². The molecule has 2 heterocycles. The summed E-state index contributed by atoms with van der Waals surface area (Å²) < 4.78 is 33.6. The van der Waals surface area contributed by atoms with Crippen LogP contribution in [-0.2, 0) is 21.2 Å². The second kappa shape index (κ2) is 8.45. The van der Waals surface area contributed by atoms with Crippen LogP contribution in [0, 0.1) is 0 Å². The van der Waals surface area contributed by atoms with E-state index in [0.717, 1.165) is 17.7 Å². The van der Waals surface area contributed by atoms with Crippen molar-refractivity contribution in [2.75, 3.05) is 16.2 Å². The zero-order valence-corrected chi connectivity index (χ0v) is 17.9. The molecule has 7 nitrogen and oxygen atoms in total. The molecule has 30 heavy (non-hydrogen) atoms. The topological polar surface area (TPSA) is 88.6 Å². The molecule has 0 fully saturated rings. The number of carbonyl (C=O) groups excluding carboxylic acids is 1. The van der Waals surface area contributed by atoms with Crippen LogP contribution in [0.15, 0.2) is 65.0 Å². The van der Waals surface area contributed by atoms with E-state index in [-0.39, 0.29) is 10.8 Å². The number of hydrogen-bond acceptors (Lipinski definition) is 6. The average molecular weight is 444 g/mol. The molecule has 1 atom stereocenters. The molecule has 3 aromatic rings.